The summed E-state index contributed by atoms with van der Waals surface area (Å²) in [5.41, 5.74) is 0. The number of rotatable bonds is 19. The first-order valence-electron chi connectivity index (χ1n) is 12.0. The molecular formula is C23H46N2O4S. The molecule has 0 aromatic carbocycles. The molecule has 0 radical (unpaired) electrons. The van der Waals surface area contributed by atoms with E-state index >= 15 is 0 Å². The molecule has 0 aromatic heterocycles. The standard InChI is InChI=1S/C20H40O4S.C3H6N2/c1-3-5-6-7-8-9-10-11-12-13-14-15-16-17-18-19-20-24-25(21,22)23-4-2;1-2-5-3-4-1/h11-12H,3-10,13-20H2,1-2H3;3H,1-2H2,(H,4,5)/b12-11-;. The van der Waals surface area contributed by atoms with Crippen molar-refractivity contribution in [1.82, 2.24) is 5.32 Å². The Balaban J connectivity index is 0.00000145. The van der Waals surface area contributed by atoms with Crippen LogP contribution < -0.4 is 5.32 Å². The van der Waals surface area contributed by atoms with E-state index in [-0.39, 0.29) is 13.2 Å². The molecule has 178 valence electrons. The zero-order valence-electron chi connectivity index (χ0n) is 19.4. The van der Waals surface area contributed by atoms with Crippen molar-refractivity contribution in [3.8, 4) is 0 Å². The first kappa shape index (κ1) is 29.1. The Bertz CT molecular complexity index is 501. The summed E-state index contributed by atoms with van der Waals surface area (Å²) >= 11 is 0. The van der Waals surface area contributed by atoms with Gasteiger partial charge in [0.2, 0.25) is 0 Å². The van der Waals surface area contributed by atoms with E-state index in [2.05, 4.69) is 33.6 Å². The number of unbranched alkanes of at least 4 members (excludes halogenated alkanes) is 12. The predicted molar refractivity (Wildman–Crippen MR) is 127 cm³/mol. The fourth-order valence-corrected chi connectivity index (χ4v) is 3.69. The fourth-order valence-electron chi connectivity index (χ4n) is 3.01. The molecule has 6 nitrogen and oxygen atoms in total. The first-order chi connectivity index (χ1) is 14.6. The summed E-state index contributed by atoms with van der Waals surface area (Å²) in [4.78, 5) is 3.85. The van der Waals surface area contributed by atoms with Crippen LogP contribution in [0, 0.1) is 0 Å². The summed E-state index contributed by atoms with van der Waals surface area (Å²) in [7, 11) is -3.76. The number of nitrogens with one attached hydrogen (secondary N) is 1. The van der Waals surface area contributed by atoms with Crippen LogP contribution in [0.15, 0.2) is 17.1 Å². The Morgan fingerprint density at radius 3 is 1.87 bits per heavy atom. The zero-order chi connectivity index (χ0) is 22.2. The average molecular weight is 447 g/mol. The molecule has 1 rings (SSSR count). The molecule has 0 saturated heterocycles. The number of aliphatic imine (C=N–C) groups is 1. The fraction of sp³-hybridized carbons (Fsp3) is 0.870. The third-order valence-corrected chi connectivity index (χ3v) is 5.69. The van der Waals surface area contributed by atoms with Crippen molar-refractivity contribution < 1.29 is 16.8 Å². The van der Waals surface area contributed by atoms with Gasteiger partial charge in [-0.05, 0) is 39.0 Å². The molecule has 0 unspecified atom stereocenters. The number of nitrogens with zero attached hydrogens (tertiary/aromatic N) is 1. The molecular weight excluding hydrogens is 400 g/mol. The molecule has 30 heavy (non-hydrogen) atoms. The lowest BCUT2D eigenvalue weighted by Gasteiger charge is -2.04. The lowest BCUT2D eigenvalue weighted by atomic mass is 10.1. The summed E-state index contributed by atoms with van der Waals surface area (Å²) in [5, 5.41) is 2.93. The monoisotopic (exact) mass is 446 g/mol. The molecule has 0 bridgehead atoms. The molecule has 0 fully saturated rings. The van der Waals surface area contributed by atoms with Gasteiger partial charge in [0.25, 0.3) is 0 Å². The molecule has 1 heterocycles. The normalized spacial score (nSPS) is 13.4. The van der Waals surface area contributed by atoms with Crippen molar-refractivity contribution in [3.63, 3.8) is 0 Å². The van der Waals surface area contributed by atoms with E-state index in [0.717, 1.165) is 32.4 Å². The van der Waals surface area contributed by atoms with Crippen LogP contribution in [0.4, 0.5) is 0 Å². The molecule has 0 aromatic rings. The first-order valence-corrected chi connectivity index (χ1v) is 13.4. The molecule has 7 heteroatoms. The average Bonchev–Trinajstić information content (AvgIpc) is 3.30. The van der Waals surface area contributed by atoms with Gasteiger partial charge in [0.1, 0.15) is 0 Å². The smallest absolute Gasteiger partial charge is 0.375 e. The van der Waals surface area contributed by atoms with E-state index in [1.54, 1.807) is 13.3 Å². The van der Waals surface area contributed by atoms with Gasteiger partial charge in [-0.3, -0.25) is 4.99 Å². The summed E-state index contributed by atoms with van der Waals surface area (Å²) in [6.07, 6.45) is 23.7. The maximum Gasteiger partial charge on any atom is 0.399 e. The maximum absolute atomic E-state index is 11.1. The van der Waals surface area contributed by atoms with Gasteiger partial charge in [-0.15, -0.1) is 0 Å². The highest BCUT2D eigenvalue weighted by Gasteiger charge is 2.09. The second kappa shape index (κ2) is 22.8. The van der Waals surface area contributed by atoms with E-state index in [1.165, 1.54) is 70.6 Å². The summed E-state index contributed by atoms with van der Waals surface area (Å²) in [6.45, 7) is 6.22. The van der Waals surface area contributed by atoms with Crippen molar-refractivity contribution in [1.29, 1.82) is 0 Å². The van der Waals surface area contributed by atoms with Gasteiger partial charge < -0.3 is 5.32 Å². The van der Waals surface area contributed by atoms with Crippen molar-refractivity contribution in [2.45, 2.75) is 104 Å². The Hall–Kier alpha value is -0.920. The van der Waals surface area contributed by atoms with Gasteiger partial charge in [-0.25, -0.2) is 8.37 Å². The minimum atomic E-state index is -3.76. The lowest BCUT2D eigenvalue weighted by molar-refractivity contribution is 0.218. The molecule has 1 N–H and O–H groups in total. The predicted octanol–water partition coefficient (Wildman–Crippen LogP) is 5.94. The van der Waals surface area contributed by atoms with Gasteiger partial charge >= 0.3 is 10.4 Å². The van der Waals surface area contributed by atoms with Gasteiger partial charge in [-0.1, -0.05) is 76.9 Å². The van der Waals surface area contributed by atoms with Crippen molar-refractivity contribution in [2.75, 3.05) is 26.3 Å². The van der Waals surface area contributed by atoms with Gasteiger partial charge in [-0.2, -0.15) is 8.42 Å². The molecule has 0 atom stereocenters. The highest BCUT2D eigenvalue weighted by molar-refractivity contribution is 7.81. The minimum Gasteiger partial charge on any atom is -0.375 e. The van der Waals surface area contributed by atoms with Gasteiger partial charge in [0, 0.05) is 6.54 Å². The summed E-state index contributed by atoms with van der Waals surface area (Å²) in [5.74, 6) is 0. The van der Waals surface area contributed by atoms with Crippen LogP contribution in [0.3, 0.4) is 0 Å². The van der Waals surface area contributed by atoms with Crippen molar-refractivity contribution in [3.05, 3.63) is 12.2 Å². The highest BCUT2D eigenvalue weighted by atomic mass is 32.3. The van der Waals surface area contributed by atoms with E-state index < -0.39 is 10.4 Å². The second-order valence-corrected chi connectivity index (χ2v) is 8.85. The zero-order valence-corrected chi connectivity index (χ0v) is 20.3. The molecule has 1 aliphatic heterocycles. The number of hydrogen-bond donors (Lipinski definition) is 1. The quantitative estimate of drug-likeness (QED) is 0.196. The topological polar surface area (TPSA) is 77.0 Å². The SMILES string of the molecule is C1=NCCN1.CCCCCCCC/C=C\CCCCCCCCOS(=O)(=O)OCC. The van der Waals surface area contributed by atoms with E-state index in [1.807, 2.05) is 0 Å². The van der Waals surface area contributed by atoms with Crippen LogP contribution in [0.1, 0.15) is 104 Å². The third-order valence-electron chi connectivity index (χ3n) is 4.71. The van der Waals surface area contributed by atoms with Crippen LogP contribution in [-0.4, -0.2) is 41.1 Å². The number of allylic oxidation sites excluding steroid dienone is 2. The second-order valence-electron chi connectivity index (χ2n) is 7.56. The lowest BCUT2D eigenvalue weighted by Crippen LogP contribution is -2.10. The highest BCUT2D eigenvalue weighted by Crippen LogP contribution is 2.10. The van der Waals surface area contributed by atoms with Crippen molar-refractivity contribution in [2.24, 2.45) is 4.99 Å². The maximum atomic E-state index is 11.1. The van der Waals surface area contributed by atoms with Crippen molar-refractivity contribution >= 4 is 16.7 Å². The summed E-state index contributed by atoms with van der Waals surface area (Å²) in [6, 6.07) is 0. The van der Waals surface area contributed by atoms with Gasteiger partial charge in [0.05, 0.1) is 26.1 Å². The Morgan fingerprint density at radius 2 is 1.40 bits per heavy atom. The minimum absolute atomic E-state index is 0.121. The van der Waals surface area contributed by atoms with E-state index in [0.29, 0.717) is 0 Å². The van der Waals surface area contributed by atoms with Crippen LogP contribution >= 0.6 is 0 Å². The molecule has 0 amide bonds. The van der Waals surface area contributed by atoms with Crippen LogP contribution in [0.2, 0.25) is 0 Å². The van der Waals surface area contributed by atoms with E-state index in [4.69, 9.17) is 4.18 Å². The van der Waals surface area contributed by atoms with Crippen LogP contribution in [-0.2, 0) is 18.8 Å². The number of hydrogen-bond acceptors (Lipinski definition) is 6. The third kappa shape index (κ3) is 23.4. The molecule has 0 spiro atoms. The Labute approximate surface area is 186 Å². The molecule has 1 aliphatic rings. The Morgan fingerprint density at radius 1 is 0.833 bits per heavy atom. The van der Waals surface area contributed by atoms with Crippen LogP contribution in [0.5, 0.6) is 0 Å². The van der Waals surface area contributed by atoms with Gasteiger partial charge in [0.15, 0.2) is 0 Å². The van der Waals surface area contributed by atoms with E-state index in [9.17, 15) is 8.42 Å². The molecule has 0 saturated carbocycles. The molecule has 0 aliphatic carbocycles. The Kier molecular flexibility index (Phi) is 22.1. The summed E-state index contributed by atoms with van der Waals surface area (Å²) < 4.78 is 31.5. The van der Waals surface area contributed by atoms with Crippen LogP contribution in [0.25, 0.3) is 0 Å². The largest absolute Gasteiger partial charge is 0.399 e.